The molecule has 0 amide bonds. The molecule has 3 rings (SSSR count). The summed E-state index contributed by atoms with van der Waals surface area (Å²) in [5.41, 5.74) is 8.26. The quantitative estimate of drug-likeness (QED) is 0.801. The number of rotatable bonds is 5. The van der Waals surface area contributed by atoms with E-state index >= 15 is 0 Å². The molecule has 136 valence electrons. The maximum atomic E-state index is 13.0. The van der Waals surface area contributed by atoms with Gasteiger partial charge >= 0.3 is 0 Å². The number of ether oxygens (including phenoxy) is 1. The zero-order valence-electron chi connectivity index (χ0n) is 14.1. The van der Waals surface area contributed by atoms with E-state index in [0.717, 1.165) is 24.8 Å². The maximum absolute atomic E-state index is 13.0. The van der Waals surface area contributed by atoms with E-state index in [1.165, 1.54) is 4.31 Å². The molecule has 0 fully saturated rings. The van der Waals surface area contributed by atoms with Crippen molar-refractivity contribution in [1.82, 2.24) is 0 Å². The van der Waals surface area contributed by atoms with Gasteiger partial charge in [0.25, 0.3) is 10.0 Å². The lowest BCUT2D eigenvalue weighted by atomic mass is 10.0. The van der Waals surface area contributed by atoms with Crippen molar-refractivity contribution in [1.29, 1.82) is 0 Å². The van der Waals surface area contributed by atoms with Crippen LogP contribution in [-0.4, -0.2) is 21.6 Å². The number of hydrogen-bond acceptors (Lipinski definition) is 4. The van der Waals surface area contributed by atoms with Crippen molar-refractivity contribution in [3.05, 3.63) is 48.0 Å². The van der Waals surface area contributed by atoms with Gasteiger partial charge in [-0.25, -0.2) is 8.42 Å². The fourth-order valence-corrected chi connectivity index (χ4v) is 4.46. The van der Waals surface area contributed by atoms with Gasteiger partial charge in [0, 0.05) is 12.2 Å². The van der Waals surface area contributed by atoms with Crippen molar-refractivity contribution in [2.24, 2.45) is 0 Å². The van der Waals surface area contributed by atoms with Crippen LogP contribution in [0.1, 0.15) is 25.3 Å². The number of nitrogen functional groups attached to an aromatic ring is 1. The van der Waals surface area contributed by atoms with E-state index in [0.29, 0.717) is 30.3 Å². The van der Waals surface area contributed by atoms with Crippen LogP contribution in [0.4, 0.5) is 11.4 Å². The SMILES string of the molecule is CCCOc1ccc(S(=O)(=O)N2CCCc3c(N)cccc32)cc1.Cl. The second kappa shape index (κ2) is 7.97. The highest BCUT2D eigenvalue weighted by atomic mass is 35.5. The van der Waals surface area contributed by atoms with Crippen LogP contribution in [0.2, 0.25) is 0 Å². The van der Waals surface area contributed by atoms with Crippen molar-refractivity contribution in [3.63, 3.8) is 0 Å². The third kappa shape index (κ3) is 3.85. The summed E-state index contributed by atoms with van der Waals surface area (Å²) in [6.45, 7) is 3.11. The molecule has 2 aromatic rings. The van der Waals surface area contributed by atoms with Crippen molar-refractivity contribution < 1.29 is 13.2 Å². The van der Waals surface area contributed by atoms with Gasteiger partial charge in [0.15, 0.2) is 0 Å². The first-order valence-electron chi connectivity index (χ1n) is 8.17. The standard InChI is InChI=1S/C18H22N2O3S.ClH/c1-2-13-23-14-8-10-15(11-9-14)24(21,22)20-12-4-5-16-17(19)6-3-7-18(16)20;/h3,6-11H,2,4-5,12-13,19H2,1H3;1H. The van der Waals surface area contributed by atoms with E-state index in [2.05, 4.69) is 0 Å². The molecule has 5 nitrogen and oxygen atoms in total. The highest BCUT2D eigenvalue weighted by Crippen LogP contribution is 2.35. The largest absolute Gasteiger partial charge is 0.494 e. The van der Waals surface area contributed by atoms with Gasteiger partial charge in [-0.1, -0.05) is 13.0 Å². The Balaban J connectivity index is 0.00000225. The smallest absolute Gasteiger partial charge is 0.264 e. The number of fused-ring (bicyclic) bond motifs is 1. The summed E-state index contributed by atoms with van der Waals surface area (Å²) in [5.74, 6) is 0.680. The Kier molecular flexibility index (Phi) is 6.19. The Morgan fingerprint density at radius 2 is 1.88 bits per heavy atom. The molecule has 0 radical (unpaired) electrons. The van der Waals surface area contributed by atoms with E-state index in [9.17, 15) is 8.42 Å². The third-order valence-electron chi connectivity index (χ3n) is 4.13. The molecule has 1 aliphatic rings. The highest BCUT2D eigenvalue weighted by molar-refractivity contribution is 7.92. The highest BCUT2D eigenvalue weighted by Gasteiger charge is 2.29. The average molecular weight is 383 g/mol. The van der Waals surface area contributed by atoms with E-state index < -0.39 is 10.0 Å². The molecular formula is C18H23ClN2O3S. The predicted octanol–water partition coefficient (Wildman–Crippen LogP) is 3.62. The zero-order chi connectivity index (χ0) is 17.2. The van der Waals surface area contributed by atoms with Gasteiger partial charge in [0.2, 0.25) is 0 Å². The number of nitrogens with two attached hydrogens (primary N) is 1. The first kappa shape index (κ1) is 19.4. The normalized spacial score (nSPS) is 13.7. The van der Waals surface area contributed by atoms with E-state index in [1.54, 1.807) is 30.3 Å². The van der Waals surface area contributed by atoms with Crippen molar-refractivity contribution >= 4 is 33.8 Å². The van der Waals surface area contributed by atoms with Gasteiger partial charge in [0.05, 0.1) is 17.2 Å². The molecule has 0 saturated carbocycles. The molecule has 25 heavy (non-hydrogen) atoms. The first-order chi connectivity index (χ1) is 11.5. The molecule has 0 aromatic heterocycles. The molecule has 0 bridgehead atoms. The number of sulfonamides is 1. The zero-order valence-corrected chi connectivity index (χ0v) is 15.8. The van der Waals surface area contributed by atoms with Gasteiger partial charge in [-0.2, -0.15) is 0 Å². The monoisotopic (exact) mass is 382 g/mol. The van der Waals surface area contributed by atoms with Crippen LogP contribution in [-0.2, 0) is 16.4 Å². The fraction of sp³-hybridized carbons (Fsp3) is 0.333. The predicted molar refractivity (Wildman–Crippen MR) is 103 cm³/mol. The summed E-state index contributed by atoms with van der Waals surface area (Å²) in [5, 5.41) is 0. The Labute approximate surface area is 155 Å². The second-order valence-corrected chi connectivity index (χ2v) is 7.71. The van der Waals surface area contributed by atoms with Gasteiger partial charge in [-0.15, -0.1) is 12.4 Å². The number of anilines is 2. The number of hydrogen-bond donors (Lipinski definition) is 1. The summed E-state index contributed by atoms with van der Waals surface area (Å²) < 4.78 is 33.0. The van der Waals surface area contributed by atoms with Crippen LogP contribution in [0.5, 0.6) is 5.75 Å². The fourth-order valence-electron chi connectivity index (χ4n) is 2.92. The van der Waals surface area contributed by atoms with Crippen molar-refractivity contribution in [3.8, 4) is 5.75 Å². The summed E-state index contributed by atoms with van der Waals surface area (Å²) in [7, 11) is -3.61. The third-order valence-corrected chi connectivity index (χ3v) is 5.96. The molecule has 0 aliphatic carbocycles. The Hall–Kier alpha value is -1.92. The minimum atomic E-state index is -3.61. The van der Waals surface area contributed by atoms with Gasteiger partial charge in [-0.05, 0) is 61.2 Å². The minimum Gasteiger partial charge on any atom is -0.494 e. The van der Waals surface area contributed by atoms with Crippen LogP contribution in [0.25, 0.3) is 0 Å². The van der Waals surface area contributed by atoms with Crippen LogP contribution >= 0.6 is 12.4 Å². The van der Waals surface area contributed by atoms with Gasteiger partial charge in [-0.3, -0.25) is 4.31 Å². The molecule has 7 heteroatoms. The number of nitrogens with zero attached hydrogens (tertiary/aromatic N) is 1. The Bertz CT molecular complexity index is 823. The molecule has 2 aromatic carbocycles. The van der Waals surface area contributed by atoms with Crippen molar-refractivity contribution in [2.75, 3.05) is 23.2 Å². The lowest BCUT2D eigenvalue weighted by Crippen LogP contribution is -2.35. The summed E-state index contributed by atoms with van der Waals surface area (Å²) in [6, 6.07) is 12.0. The lowest BCUT2D eigenvalue weighted by molar-refractivity contribution is 0.317. The topological polar surface area (TPSA) is 72.6 Å². The van der Waals surface area contributed by atoms with E-state index in [4.69, 9.17) is 10.5 Å². The van der Waals surface area contributed by atoms with Crippen LogP contribution < -0.4 is 14.8 Å². The molecule has 1 aliphatic heterocycles. The van der Waals surface area contributed by atoms with Gasteiger partial charge in [0.1, 0.15) is 5.75 Å². The summed E-state index contributed by atoms with van der Waals surface area (Å²) >= 11 is 0. The average Bonchev–Trinajstić information content (AvgIpc) is 2.60. The molecule has 1 heterocycles. The number of benzene rings is 2. The first-order valence-corrected chi connectivity index (χ1v) is 9.61. The lowest BCUT2D eigenvalue weighted by Gasteiger charge is -2.31. The van der Waals surface area contributed by atoms with Gasteiger partial charge < -0.3 is 10.5 Å². The van der Waals surface area contributed by atoms with Crippen LogP contribution in [0.3, 0.4) is 0 Å². The Morgan fingerprint density at radius 1 is 1.16 bits per heavy atom. The van der Waals surface area contributed by atoms with Crippen molar-refractivity contribution in [2.45, 2.75) is 31.1 Å². The van der Waals surface area contributed by atoms with Crippen LogP contribution in [0.15, 0.2) is 47.4 Å². The van der Waals surface area contributed by atoms with Crippen LogP contribution in [0, 0.1) is 0 Å². The van der Waals surface area contributed by atoms with E-state index in [-0.39, 0.29) is 17.3 Å². The molecule has 0 spiro atoms. The molecular weight excluding hydrogens is 360 g/mol. The summed E-state index contributed by atoms with van der Waals surface area (Å²) in [6.07, 6.45) is 2.47. The maximum Gasteiger partial charge on any atom is 0.264 e. The Morgan fingerprint density at radius 3 is 2.56 bits per heavy atom. The second-order valence-electron chi connectivity index (χ2n) is 5.85. The minimum absolute atomic E-state index is 0. The van der Waals surface area contributed by atoms with E-state index in [1.807, 2.05) is 19.1 Å². The molecule has 0 unspecified atom stereocenters. The summed E-state index contributed by atoms with van der Waals surface area (Å²) in [4.78, 5) is 0.265. The molecule has 2 N–H and O–H groups in total. The molecule has 0 atom stereocenters. The molecule has 0 saturated heterocycles. The number of halogens is 1.